The van der Waals surface area contributed by atoms with Gasteiger partial charge < -0.3 is 10.0 Å². The summed E-state index contributed by atoms with van der Waals surface area (Å²) in [7, 11) is 0. The third kappa shape index (κ3) is 3.79. The number of aliphatic hydroxyl groups excluding tert-OH is 1. The molecule has 0 aromatic rings. The number of likely N-dealkylation sites (tertiary alicyclic amines) is 1. The first-order valence-corrected chi connectivity index (χ1v) is 6.91. The first-order valence-electron chi connectivity index (χ1n) is 5.76. The van der Waals surface area contributed by atoms with E-state index in [1.165, 1.54) is 18.6 Å². The van der Waals surface area contributed by atoms with Gasteiger partial charge in [-0.3, -0.25) is 0 Å². The Kier molecular flexibility index (Phi) is 5.90. The van der Waals surface area contributed by atoms with E-state index in [0.717, 1.165) is 25.4 Å². The second kappa shape index (κ2) is 6.70. The van der Waals surface area contributed by atoms with Crippen LogP contribution in [-0.4, -0.2) is 47.3 Å². The molecule has 0 unspecified atom stereocenters. The SMILES string of the molecule is CCCCSC[C@@H]1CN(CC)C[C@H]1O. The number of likely N-dealkylation sites (N-methyl/N-ethyl adjacent to an activating group) is 1. The molecule has 0 radical (unpaired) electrons. The van der Waals surface area contributed by atoms with E-state index < -0.39 is 0 Å². The number of thioether (sulfide) groups is 1. The van der Waals surface area contributed by atoms with E-state index in [4.69, 9.17) is 0 Å². The molecule has 0 spiro atoms. The lowest BCUT2D eigenvalue weighted by Gasteiger charge is -2.12. The Morgan fingerprint density at radius 3 is 2.71 bits per heavy atom. The molecule has 0 aromatic carbocycles. The smallest absolute Gasteiger partial charge is 0.0715 e. The summed E-state index contributed by atoms with van der Waals surface area (Å²) in [6.07, 6.45) is 2.51. The Morgan fingerprint density at radius 1 is 1.36 bits per heavy atom. The fraction of sp³-hybridized carbons (Fsp3) is 1.00. The van der Waals surface area contributed by atoms with Crippen LogP contribution in [0.2, 0.25) is 0 Å². The van der Waals surface area contributed by atoms with Crippen molar-refractivity contribution < 1.29 is 5.11 Å². The fourth-order valence-electron chi connectivity index (χ4n) is 1.84. The summed E-state index contributed by atoms with van der Waals surface area (Å²) in [5, 5.41) is 9.79. The summed E-state index contributed by atoms with van der Waals surface area (Å²) in [6, 6.07) is 0. The summed E-state index contributed by atoms with van der Waals surface area (Å²) < 4.78 is 0. The number of rotatable bonds is 6. The molecule has 1 aliphatic heterocycles. The molecule has 84 valence electrons. The molecule has 14 heavy (non-hydrogen) atoms. The summed E-state index contributed by atoms with van der Waals surface area (Å²) in [4.78, 5) is 2.34. The number of unbranched alkanes of at least 4 members (excludes halogenated alkanes) is 1. The molecule has 0 aromatic heterocycles. The van der Waals surface area contributed by atoms with Gasteiger partial charge in [0, 0.05) is 19.0 Å². The Labute approximate surface area is 92.1 Å². The van der Waals surface area contributed by atoms with Gasteiger partial charge in [0.2, 0.25) is 0 Å². The molecule has 2 atom stereocenters. The minimum Gasteiger partial charge on any atom is -0.391 e. The van der Waals surface area contributed by atoms with Crippen LogP contribution >= 0.6 is 11.8 Å². The van der Waals surface area contributed by atoms with Gasteiger partial charge in [-0.1, -0.05) is 20.3 Å². The van der Waals surface area contributed by atoms with Gasteiger partial charge in [0.1, 0.15) is 0 Å². The number of aliphatic hydroxyl groups is 1. The molecule has 1 aliphatic rings. The maximum absolute atomic E-state index is 9.79. The minimum atomic E-state index is -0.0796. The molecule has 3 heteroatoms. The molecule has 0 bridgehead atoms. The van der Waals surface area contributed by atoms with Crippen molar-refractivity contribution >= 4 is 11.8 Å². The van der Waals surface area contributed by atoms with Crippen LogP contribution in [0, 0.1) is 5.92 Å². The Bertz CT molecular complexity index is 154. The zero-order valence-electron chi connectivity index (χ0n) is 9.41. The van der Waals surface area contributed by atoms with Crippen LogP contribution in [0.25, 0.3) is 0 Å². The summed E-state index contributed by atoms with van der Waals surface area (Å²) in [5.74, 6) is 2.90. The van der Waals surface area contributed by atoms with Crippen molar-refractivity contribution in [2.24, 2.45) is 5.92 Å². The average Bonchev–Trinajstić information content (AvgIpc) is 2.54. The number of nitrogens with zero attached hydrogens (tertiary/aromatic N) is 1. The molecular weight excluding hydrogens is 194 g/mol. The van der Waals surface area contributed by atoms with Crippen LogP contribution in [-0.2, 0) is 0 Å². The van der Waals surface area contributed by atoms with Crippen LogP contribution in [0.4, 0.5) is 0 Å². The lowest BCUT2D eigenvalue weighted by atomic mass is 10.1. The van der Waals surface area contributed by atoms with E-state index in [-0.39, 0.29) is 6.10 Å². The van der Waals surface area contributed by atoms with E-state index in [9.17, 15) is 5.11 Å². The normalized spacial score (nSPS) is 28.5. The molecule has 1 N–H and O–H groups in total. The molecule has 0 aliphatic carbocycles. The molecule has 0 saturated carbocycles. The summed E-state index contributed by atoms with van der Waals surface area (Å²) in [5.41, 5.74) is 0. The number of hydrogen-bond donors (Lipinski definition) is 1. The van der Waals surface area contributed by atoms with E-state index in [1.54, 1.807) is 0 Å². The summed E-state index contributed by atoms with van der Waals surface area (Å²) in [6.45, 7) is 7.45. The molecule has 1 fully saturated rings. The third-order valence-electron chi connectivity index (χ3n) is 2.90. The molecule has 1 heterocycles. The predicted molar refractivity (Wildman–Crippen MR) is 63.8 cm³/mol. The third-order valence-corrected chi connectivity index (χ3v) is 4.14. The van der Waals surface area contributed by atoms with Crippen LogP contribution < -0.4 is 0 Å². The van der Waals surface area contributed by atoms with Gasteiger partial charge in [-0.2, -0.15) is 11.8 Å². The first-order chi connectivity index (χ1) is 6.77. The maximum atomic E-state index is 9.79. The number of hydrogen-bond acceptors (Lipinski definition) is 3. The Hall–Kier alpha value is 0.270. The highest BCUT2D eigenvalue weighted by atomic mass is 32.2. The van der Waals surface area contributed by atoms with Crippen molar-refractivity contribution in [2.45, 2.75) is 32.8 Å². The number of β-amino-alcohol motifs (C(OH)–C–C–N with tert-alkyl or cyclic N) is 1. The average molecular weight is 217 g/mol. The van der Waals surface area contributed by atoms with Crippen LogP contribution in [0.5, 0.6) is 0 Å². The fourth-order valence-corrected chi connectivity index (χ4v) is 3.13. The molecular formula is C11H23NOS. The van der Waals surface area contributed by atoms with E-state index in [1.807, 2.05) is 11.8 Å². The zero-order valence-corrected chi connectivity index (χ0v) is 10.2. The predicted octanol–water partition coefficient (Wildman–Crippen LogP) is 1.83. The Balaban J connectivity index is 2.12. The molecule has 0 amide bonds. The van der Waals surface area contributed by atoms with Crippen molar-refractivity contribution in [1.29, 1.82) is 0 Å². The molecule has 2 nitrogen and oxygen atoms in total. The lowest BCUT2D eigenvalue weighted by Crippen LogP contribution is -2.21. The highest BCUT2D eigenvalue weighted by Crippen LogP contribution is 2.21. The van der Waals surface area contributed by atoms with Crippen molar-refractivity contribution in [3.63, 3.8) is 0 Å². The van der Waals surface area contributed by atoms with Gasteiger partial charge in [-0.05, 0) is 24.5 Å². The first kappa shape index (κ1) is 12.3. The van der Waals surface area contributed by atoms with Crippen LogP contribution in [0.1, 0.15) is 26.7 Å². The van der Waals surface area contributed by atoms with Crippen LogP contribution in [0.3, 0.4) is 0 Å². The largest absolute Gasteiger partial charge is 0.391 e. The Morgan fingerprint density at radius 2 is 2.14 bits per heavy atom. The van der Waals surface area contributed by atoms with Gasteiger partial charge in [0.25, 0.3) is 0 Å². The van der Waals surface area contributed by atoms with Gasteiger partial charge in [0.15, 0.2) is 0 Å². The monoisotopic (exact) mass is 217 g/mol. The topological polar surface area (TPSA) is 23.5 Å². The van der Waals surface area contributed by atoms with Crippen LogP contribution in [0.15, 0.2) is 0 Å². The van der Waals surface area contributed by atoms with Crippen molar-refractivity contribution in [3.05, 3.63) is 0 Å². The van der Waals surface area contributed by atoms with Crippen molar-refractivity contribution in [1.82, 2.24) is 4.90 Å². The van der Waals surface area contributed by atoms with Gasteiger partial charge >= 0.3 is 0 Å². The zero-order chi connectivity index (χ0) is 10.4. The van der Waals surface area contributed by atoms with Gasteiger partial charge in [-0.15, -0.1) is 0 Å². The van der Waals surface area contributed by atoms with Crippen molar-refractivity contribution in [2.75, 3.05) is 31.1 Å². The summed E-state index contributed by atoms with van der Waals surface area (Å²) >= 11 is 2.00. The highest BCUT2D eigenvalue weighted by Gasteiger charge is 2.29. The van der Waals surface area contributed by atoms with E-state index in [2.05, 4.69) is 18.7 Å². The van der Waals surface area contributed by atoms with Gasteiger partial charge in [0.05, 0.1) is 6.10 Å². The minimum absolute atomic E-state index is 0.0796. The standard InChI is InChI=1S/C11H23NOS/c1-3-5-6-14-9-10-7-12(4-2)8-11(10)13/h10-11,13H,3-9H2,1-2H3/t10-,11+/m0/s1. The van der Waals surface area contributed by atoms with E-state index in [0.29, 0.717) is 5.92 Å². The molecule has 1 rings (SSSR count). The molecule has 1 saturated heterocycles. The van der Waals surface area contributed by atoms with E-state index >= 15 is 0 Å². The quantitative estimate of drug-likeness (QED) is 0.687. The maximum Gasteiger partial charge on any atom is 0.0715 e. The van der Waals surface area contributed by atoms with Crippen molar-refractivity contribution in [3.8, 4) is 0 Å². The second-order valence-electron chi connectivity index (χ2n) is 4.11. The lowest BCUT2D eigenvalue weighted by molar-refractivity contribution is 0.150. The highest BCUT2D eigenvalue weighted by molar-refractivity contribution is 7.99. The second-order valence-corrected chi connectivity index (χ2v) is 5.26. The van der Waals surface area contributed by atoms with Gasteiger partial charge in [-0.25, -0.2) is 0 Å².